The van der Waals surface area contributed by atoms with Crippen LogP contribution in [0.5, 0.6) is 5.75 Å². The number of furan rings is 1. The maximum Gasteiger partial charge on any atom is 0.272 e. The average molecular weight is 340 g/mol. The van der Waals surface area contributed by atoms with E-state index in [2.05, 4.69) is 4.98 Å². The molecule has 2 aromatic heterocycles. The van der Waals surface area contributed by atoms with Gasteiger partial charge in [0.15, 0.2) is 0 Å². The van der Waals surface area contributed by atoms with Crippen LogP contribution < -0.4 is 4.74 Å². The van der Waals surface area contributed by atoms with Gasteiger partial charge in [0.2, 0.25) is 0 Å². The minimum Gasteiger partial charge on any atom is -0.497 e. The summed E-state index contributed by atoms with van der Waals surface area (Å²) in [5.41, 5.74) is 1.14. The molecule has 0 aliphatic heterocycles. The topological polar surface area (TPSA) is 64.8 Å². The van der Waals surface area contributed by atoms with Gasteiger partial charge in [0, 0.05) is 19.0 Å². The summed E-state index contributed by atoms with van der Waals surface area (Å²) < 4.78 is 15.7. The molecule has 0 saturated carbocycles. The lowest BCUT2D eigenvalue weighted by Gasteiger charge is -2.21. The lowest BCUT2D eigenvalue weighted by atomic mass is 10.2. The lowest BCUT2D eigenvalue weighted by molar-refractivity contribution is 0.0661. The predicted molar refractivity (Wildman–Crippen MR) is 93.6 cm³/mol. The van der Waals surface area contributed by atoms with Gasteiger partial charge in [0.25, 0.3) is 5.91 Å². The van der Waals surface area contributed by atoms with Crippen molar-refractivity contribution in [3.8, 4) is 5.75 Å². The summed E-state index contributed by atoms with van der Waals surface area (Å²) in [5, 5.41) is 0.922. The summed E-state index contributed by atoms with van der Waals surface area (Å²) in [4.78, 5) is 19.0. The van der Waals surface area contributed by atoms with Gasteiger partial charge in [-0.25, -0.2) is 4.98 Å². The van der Waals surface area contributed by atoms with Crippen LogP contribution in [-0.2, 0) is 11.3 Å². The SMILES string of the molecule is COCCN(Cc1ccco1)C(=O)c1ccc2cc(OC)ccc2n1. The number of aromatic nitrogens is 1. The molecule has 0 spiro atoms. The summed E-state index contributed by atoms with van der Waals surface area (Å²) >= 11 is 0. The molecule has 130 valence electrons. The van der Waals surface area contributed by atoms with Crippen molar-refractivity contribution in [2.75, 3.05) is 27.4 Å². The molecule has 0 N–H and O–H groups in total. The monoisotopic (exact) mass is 340 g/mol. The van der Waals surface area contributed by atoms with Gasteiger partial charge < -0.3 is 18.8 Å². The number of benzene rings is 1. The Kier molecular flexibility index (Phi) is 5.30. The van der Waals surface area contributed by atoms with E-state index >= 15 is 0 Å². The van der Waals surface area contributed by atoms with Crippen molar-refractivity contribution >= 4 is 16.8 Å². The molecule has 0 atom stereocenters. The van der Waals surface area contributed by atoms with E-state index in [0.29, 0.717) is 25.4 Å². The highest BCUT2D eigenvalue weighted by atomic mass is 16.5. The Morgan fingerprint density at radius 2 is 2.08 bits per heavy atom. The summed E-state index contributed by atoms with van der Waals surface area (Å²) in [6.45, 7) is 1.27. The maximum absolute atomic E-state index is 12.9. The molecule has 0 aliphatic rings. The van der Waals surface area contributed by atoms with Crippen molar-refractivity contribution in [1.82, 2.24) is 9.88 Å². The fourth-order valence-electron chi connectivity index (χ4n) is 2.56. The minimum atomic E-state index is -0.161. The Bertz CT molecular complexity index is 846. The largest absolute Gasteiger partial charge is 0.497 e. The number of amides is 1. The van der Waals surface area contributed by atoms with Crippen molar-refractivity contribution in [1.29, 1.82) is 0 Å². The second-order valence-corrected chi connectivity index (χ2v) is 5.55. The van der Waals surface area contributed by atoms with E-state index in [4.69, 9.17) is 13.9 Å². The van der Waals surface area contributed by atoms with Gasteiger partial charge in [-0.1, -0.05) is 6.07 Å². The molecular weight excluding hydrogens is 320 g/mol. The van der Waals surface area contributed by atoms with Gasteiger partial charge in [-0.3, -0.25) is 4.79 Å². The number of carbonyl (C=O) groups excluding carboxylic acids is 1. The van der Waals surface area contributed by atoms with E-state index in [1.807, 2.05) is 30.3 Å². The molecule has 0 bridgehead atoms. The molecule has 0 fully saturated rings. The molecule has 1 amide bonds. The molecule has 0 radical (unpaired) electrons. The second kappa shape index (κ2) is 7.81. The standard InChI is InChI=1S/C19H20N2O4/c1-23-11-9-21(13-16-4-3-10-25-16)19(22)18-7-5-14-12-15(24-2)6-8-17(14)20-18/h3-8,10,12H,9,11,13H2,1-2H3. The Morgan fingerprint density at radius 1 is 1.20 bits per heavy atom. The first-order chi connectivity index (χ1) is 12.2. The molecule has 2 heterocycles. The summed E-state index contributed by atoms with van der Waals surface area (Å²) in [6, 6.07) is 12.8. The Morgan fingerprint density at radius 3 is 2.80 bits per heavy atom. The van der Waals surface area contributed by atoms with Crippen molar-refractivity contribution in [3.05, 3.63) is 60.2 Å². The fraction of sp³-hybridized carbons (Fsp3) is 0.263. The Balaban J connectivity index is 1.86. The van der Waals surface area contributed by atoms with Crippen LogP contribution in [0.1, 0.15) is 16.2 Å². The number of rotatable bonds is 7. The average Bonchev–Trinajstić information content (AvgIpc) is 3.16. The Labute approximate surface area is 146 Å². The van der Waals surface area contributed by atoms with Crippen LogP contribution in [0.2, 0.25) is 0 Å². The zero-order valence-corrected chi connectivity index (χ0v) is 14.3. The third kappa shape index (κ3) is 3.97. The summed E-state index contributed by atoms with van der Waals surface area (Å²) in [6.07, 6.45) is 1.59. The van der Waals surface area contributed by atoms with E-state index in [0.717, 1.165) is 22.4 Å². The number of ether oxygens (including phenoxy) is 2. The fourth-order valence-corrected chi connectivity index (χ4v) is 2.56. The third-order valence-electron chi connectivity index (χ3n) is 3.89. The Hall–Kier alpha value is -2.86. The second-order valence-electron chi connectivity index (χ2n) is 5.55. The lowest BCUT2D eigenvalue weighted by Crippen LogP contribution is -2.33. The van der Waals surface area contributed by atoms with Crippen LogP contribution >= 0.6 is 0 Å². The van der Waals surface area contributed by atoms with E-state index in [1.165, 1.54) is 0 Å². The van der Waals surface area contributed by atoms with Crippen LogP contribution in [0.4, 0.5) is 0 Å². The van der Waals surface area contributed by atoms with Gasteiger partial charge in [-0.05, 0) is 36.4 Å². The molecule has 1 aromatic carbocycles. The van der Waals surface area contributed by atoms with Gasteiger partial charge in [-0.2, -0.15) is 0 Å². The minimum absolute atomic E-state index is 0.161. The number of hydrogen-bond donors (Lipinski definition) is 0. The molecule has 0 saturated heterocycles. The maximum atomic E-state index is 12.9. The molecule has 6 heteroatoms. The summed E-state index contributed by atoms with van der Waals surface area (Å²) in [7, 11) is 3.23. The van der Waals surface area contributed by atoms with Crippen LogP contribution in [0, 0.1) is 0 Å². The number of hydrogen-bond acceptors (Lipinski definition) is 5. The van der Waals surface area contributed by atoms with E-state index in [-0.39, 0.29) is 5.91 Å². The first kappa shape index (κ1) is 17.0. The van der Waals surface area contributed by atoms with Crippen molar-refractivity contribution in [3.63, 3.8) is 0 Å². The number of fused-ring (bicyclic) bond motifs is 1. The van der Waals surface area contributed by atoms with E-state index in [9.17, 15) is 4.79 Å². The van der Waals surface area contributed by atoms with Gasteiger partial charge in [-0.15, -0.1) is 0 Å². The first-order valence-corrected chi connectivity index (χ1v) is 7.96. The normalized spacial score (nSPS) is 10.8. The van der Waals surface area contributed by atoms with E-state index < -0.39 is 0 Å². The number of methoxy groups -OCH3 is 2. The quantitative estimate of drug-likeness (QED) is 0.661. The highest BCUT2D eigenvalue weighted by Gasteiger charge is 2.18. The molecule has 3 rings (SSSR count). The molecular formula is C19H20N2O4. The van der Waals surface area contributed by atoms with Crippen molar-refractivity contribution in [2.24, 2.45) is 0 Å². The summed E-state index contributed by atoms with van der Waals surface area (Å²) in [5.74, 6) is 1.31. The molecule has 0 aliphatic carbocycles. The highest BCUT2D eigenvalue weighted by Crippen LogP contribution is 2.20. The third-order valence-corrected chi connectivity index (χ3v) is 3.89. The number of carbonyl (C=O) groups is 1. The molecule has 6 nitrogen and oxygen atoms in total. The van der Waals surface area contributed by atoms with Crippen molar-refractivity contribution < 1.29 is 18.7 Å². The molecule has 25 heavy (non-hydrogen) atoms. The van der Waals surface area contributed by atoms with Crippen LogP contribution in [0.3, 0.4) is 0 Å². The molecule has 0 unspecified atom stereocenters. The van der Waals surface area contributed by atoms with Crippen molar-refractivity contribution in [2.45, 2.75) is 6.54 Å². The number of pyridine rings is 1. The van der Waals surface area contributed by atoms with Crippen LogP contribution in [-0.4, -0.2) is 43.2 Å². The highest BCUT2D eigenvalue weighted by molar-refractivity contribution is 5.95. The van der Waals surface area contributed by atoms with E-state index in [1.54, 1.807) is 37.5 Å². The van der Waals surface area contributed by atoms with Gasteiger partial charge in [0.1, 0.15) is 17.2 Å². The zero-order valence-electron chi connectivity index (χ0n) is 14.3. The van der Waals surface area contributed by atoms with Gasteiger partial charge in [0.05, 0.1) is 32.0 Å². The molecule has 3 aromatic rings. The zero-order chi connectivity index (χ0) is 17.6. The van der Waals surface area contributed by atoms with Gasteiger partial charge >= 0.3 is 0 Å². The smallest absolute Gasteiger partial charge is 0.272 e. The van der Waals surface area contributed by atoms with Crippen LogP contribution in [0.15, 0.2) is 53.1 Å². The number of nitrogens with zero attached hydrogens (tertiary/aromatic N) is 2. The predicted octanol–water partition coefficient (Wildman–Crippen LogP) is 3.13. The first-order valence-electron chi connectivity index (χ1n) is 7.96. The van der Waals surface area contributed by atoms with Crippen LogP contribution in [0.25, 0.3) is 10.9 Å².